The van der Waals surface area contributed by atoms with Crippen molar-refractivity contribution in [1.82, 2.24) is 0 Å². The lowest BCUT2D eigenvalue weighted by Gasteiger charge is -2.06. The first-order valence-corrected chi connectivity index (χ1v) is 8.06. The number of benzene rings is 3. The average molecular weight is 304 g/mol. The van der Waals surface area contributed by atoms with E-state index in [0.717, 1.165) is 17.2 Å². The van der Waals surface area contributed by atoms with Crippen molar-refractivity contribution < 1.29 is 9.53 Å². The molecule has 3 aromatic rings. The molecule has 0 aliphatic heterocycles. The van der Waals surface area contributed by atoms with E-state index >= 15 is 0 Å². The highest BCUT2D eigenvalue weighted by molar-refractivity contribution is 5.92. The maximum Gasteiger partial charge on any atom is 0.343 e. The van der Waals surface area contributed by atoms with E-state index < -0.39 is 0 Å². The molecule has 2 heteroatoms. The lowest BCUT2D eigenvalue weighted by atomic mass is 10.1. The Kier molecular flexibility index (Phi) is 4.72. The van der Waals surface area contributed by atoms with Crippen molar-refractivity contribution in [3.05, 3.63) is 77.9 Å². The number of ether oxygens (including phenoxy) is 1. The Morgan fingerprint density at radius 1 is 0.913 bits per heavy atom. The van der Waals surface area contributed by atoms with E-state index in [0.29, 0.717) is 11.3 Å². The zero-order chi connectivity index (χ0) is 16.1. The molecule has 0 atom stereocenters. The molecule has 0 N–H and O–H groups in total. The maximum absolute atomic E-state index is 12.3. The number of esters is 1. The summed E-state index contributed by atoms with van der Waals surface area (Å²) in [5.74, 6) is 0.256. The van der Waals surface area contributed by atoms with Crippen LogP contribution in [0.3, 0.4) is 0 Å². The van der Waals surface area contributed by atoms with Crippen molar-refractivity contribution >= 4 is 16.7 Å². The number of hydrogen-bond acceptors (Lipinski definition) is 2. The zero-order valence-electron chi connectivity index (χ0n) is 13.3. The summed E-state index contributed by atoms with van der Waals surface area (Å²) in [4.78, 5) is 12.3. The first-order chi connectivity index (χ1) is 11.3. The number of fused-ring (bicyclic) bond motifs is 1. The minimum absolute atomic E-state index is 0.317. The second-order valence-electron chi connectivity index (χ2n) is 5.70. The summed E-state index contributed by atoms with van der Waals surface area (Å²) in [5.41, 5.74) is 1.84. The van der Waals surface area contributed by atoms with Crippen LogP contribution in [-0.4, -0.2) is 5.97 Å². The van der Waals surface area contributed by atoms with Crippen LogP contribution in [0.2, 0.25) is 0 Å². The van der Waals surface area contributed by atoms with E-state index in [1.807, 2.05) is 66.7 Å². The molecule has 2 nitrogen and oxygen atoms in total. The van der Waals surface area contributed by atoms with Gasteiger partial charge in [-0.2, -0.15) is 0 Å². The Labute approximate surface area is 136 Å². The van der Waals surface area contributed by atoms with Crippen LogP contribution >= 0.6 is 0 Å². The van der Waals surface area contributed by atoms with E-state index in [9.17, 15) is 4.79 Å². The number of carbonyl (C=O) groups excluding carboxylic acids is 1. The van der Waals surface area contributed by atoms with Crippen LogP contribution < -0.4 is 4.74 Å². The third-order valence-corrected chi connectivity index (χ3v) is 3.94. The third kappa shape index (κ3) is 3.78. The second kappa shape index (κ2) is 7.10. The highest BCUT2D eigenvalue weighted by Gasteiger charge is 2.09. The molecular formula is C21H20O2. The zero-order valence-corrected chi connectivity index (χ0v) is 13.3. The summed E-state index contributed by atoms with van der Waals surface area (Å²) in [7, 11) is 0. The molecule has 3 aromatic carbocycles. The number of rotatable bonds is 5. The summed E-state index contributed by atoms with van der Waals surface area (Å²) >= 11 is 0. The van der Waals surface area contributed by atoms with Crippen molar-refractivity contribution in [1.29, 1.82) is 0 Å². The van der Waals surface area contributed by atoms with Crippen LogP contribution in [-0.2, 0) is 6.42 Å². The molecule has 23 heavy (non-hydrogen) atoms. The van der Waals surface area contributed by atoms with Gasteiger partial charge in [0.25, 0.3) is 0 Å². The lowest BCUT2D eigenvalue weighted by molar-refractivity contribution is 0.0735. The van der Waals surface area contributed by atoms with Gasteiger partial charge in [0.2, 0.25) is 0 Å². The van der Waals surface area contributed by atoms with Crippen LogP contribution in [0.15, 0.2) is 66.7 Å². The van der Waals surface area contributed by atoms with Crippen molar-refractivity contribution in [2.45, 2.75) is 26.2 Å². The SMILES string of the molecule is CCCCc1ccc(C(=O)Oc2ccc3ccccc3c2)cc1. The summed E-state index contributed by atoms with van der Waals surface area (Å²) in [6.07, 6.45) is 3.39. The smallest absolute Gasteiger partial charge is 0.343 e. The molecule has 116 valence electrons. The summed E-state index contributed by atoms with van der Waals surface area (Å²) in [6.45, 7) is 2.18. The summed E-state index contributed by atoms with van der Waals surface area (Å²) in [6, 6.07) is 21.4. The topological polar surface area (TPSA) is 26.3 Å². The number of aryl methyl sites for hydroxylation is 1. The molecule has 0 bridgehead atoms. The fourth-order valence-corrected chi connectivity index (χ4v) is 2.59. The average Bonchev–Trinajstić information content (AvgIpc) is 2.60. The Morgan fingerprint density at radius 2 is 1.65 bits per heavy atom. The van der Waals surface area contributed by atoms with Gasteiger partial charge in [-0.1, -0.05) is 55.8 Å². The van der Waals surface area contributed by atoms with Crippen LogP contribution in [0.25, 0.3) is 10.8 Å². The highest BCUT2D eigenvalue weighted by Crippen LogP contribution is 2.21. The van der Waals surface area contributed by atoms with Crippen molar-refractivity contribution in [3.63, 3.8) is 0 Å². The number of carbonyl (C=O) groups is 1. The predicted octanol–water partition coefficient (Wildman–Crippen LogP) is 5.40. The second-order valence-corrected chi connectivity index (χ2v) is 5.70. The standard InChI is InChI=1S/C21H20O2/c1-2-3-6-16-9-11-18(12-10-16)21(22)23-20-14-13-17-7-4-5-8-19(17)15-20/h4-5,7-15H,2-3,6H2,1H3. The molecule has 0 unspecified atom stereocenters. The molecule has 0 spiro atoms. The van der Waals surface area contributed by atoms with Gasteiger partial charge in [0.15, 0.2) is 0 Å². The van der Waals surface area contributed by atoms with Gasteiger partial charge in [-0.05, 0) is 53.4 Å². The number of hydrogen-bond donors (Lipinski definition) is 0. The summed E-state index contributed by atoms with van der Waals surface area (Å²) in [5, 5.41) is 2.19. The van der Waals surface area contributed by atoms with E-state index in [4.69, 9.17) is 4.74 Å². The molecule has 0 aliphatic rings. The van der Waals surface area contributed by atoms with E-state index in [1.54, 1.807) is 0 Å². The first-order valence-electron chi connectivity index (χ1n) is 8.06. The largest absolute Gasteiger partial charge is 0.423 e. The third-order valence-electron chi connectivity index (χ3n) is 3.94. The van der Waals surface area contributed by atoms with Crippen molar-refractivity contribution in [2.75, 3.05) is 0 Å². The van der Waals surface area contributed by atoms with Gasteiger partial charge < -0.3 is 4.74 Å². The molecule has 3 rings (SSSR count). The lowest BCUT2D eigenvalue weighted by Crippen LogP contribution is -2.08. The molecule has 0 fully saturated rings. The van der Waals surface area contributed by atoms with Gasteiger partial charge in [-0.25, -0.2) is 4.79 Å². The Morgan fingerprint density at radius 3 is 2.39 bits per heavy atom. The molecular weight excluding hydrogens is 284 g/mol. The minimum atomic E-state index is -0.317. The van der Waals surface area contributed by atoms with Crippen LogP contribution in [0.5, 0.6) is 5.75 Å². The fourth-order valence-electron chi connectivity index (χ4n) is 2.59. The first kappa shape index (κ1) is 15.3. The Balaban J connectivity index is 1.72. The Hall–Kier alpha value is -2.61. The van der Waals surface area contributed by atoms with Gasteiger partial charge in [-0.15, -0.1) is 0 Å². The van der Waals surface area contributed by atoms with Crippen LogP contribution in [0, 0.1) is 0 Å². The van der Waals surface area contributed by atoms with Gasteiger partial charge in [0.1, 0.15) is 5.75 Å². The quantitative estimate of drug-likeness (QED) is 0.466. The van der Waals surface area contributed by atoms with E-state index in [1.165, 1.54) is 18.4 Å². The molecule has 0 amide bonds. The fraction of sp³-hybridized carbons (Fsp3) is 0.190. The molecule has 0 saturated heterocycles. The van der Waals surface area contributed by atoms with Gasteiger partial charge in [-0.3, -0.25) is 0 Å². The summed E-state index contributed by atoms with van der Waals surface area (Å²) < 4.78 is 5.49. The maximum atomic E-state index is 12.3. The normalized spacial score (nSPS) is 10.7. The monoisotopic (exact) mass is 304 g/mol. The van der Waals surface area contributed by atoms with Crippen molar-refractivity contribution in [3.8, 4) is 5.75 Å². The van der Waals surface area contributed by atoms with Gasteiger partial charge in [0.05, 0.1) is 5.56 Å². The van der Waals surface area contributed by atoms with Gasteiger partial charge in [0, 0.05) is 0 Å². The molecule has 0 saturated carbocycles. The molecule has 0 radical (unpaired) electrons. The minimum Gasteiger partial charge on any atom is -0.423 e. The van der Waals surface area contributed by atoms with Crippen LogP contribution in [0.1, 0.15) is 35.7 Å². The molecule has 0 aliphatic carbocycles. The van der Waals surface area contributed by atoms with Gasteiger partial charge >= 0.3 is 5.97 Å². The predicted molar refractivity (Wildman–Crippen MR) is 94.0 cm³/mol. The molecule has 0 aromatic heterocycles. The highest BCUT2D eigenvalue weighted by atomic mass is 16.5. The molecule has 0 heterocycles. The van der Waals surface area contributed by atoms with E-state index in [-0.39, 0.29) is 5.97 Å². The van der Waals surface area contributed by atoms with Crippen LogP contribution in [0.4, 0.5) is 0 Å². The number of unbranched alkanes of at least 4 members (excludes halogenated alkanes) is 1. The Bertz CT molecular complexity index is 803. The van der Waals surface area contributed by atoms with Crippen molar-refractivity contribution in [2.24, 2.45) is 0 Å². The van der Waals surface area contributed by atoms with E-state index in [2.05, 4.69) is 6.92 Å².